The van der Waals surface area contributed by atoms with Gasteiger partial charge in [-0.05, 0) is 31.5 Å². The summed E-state index contributed by atoms with van der Waals surface area (Å²) in [5, 5.41) is 8.76. The van der Waals surface area contributed by atoms with E-state index < -0.39 is 0 Å². The molecule has 2 aliphatic rings. The van der Waals surface area contributed by atoms with Gasteiger partial charge in [0.15, 0.2) is 0 Å². The number of fused-ring (bicyclic) bond motifs is 5. The van der Waals surface area contributed by atoms with E-state index in [-0.39, 0.29) is 6.04 Å². The molecule has 1 aromatic carbocycles. The van der Waals surface area contributed by atoms with Crippen LogP contribution >= 0.6 is 0 Å². The van der Waals surface area contributed by atoms with Gasteiger partial charge < -0.3 is 9.47 Å². The molecule has 0 spiro atoms. The Morgan fingerprint density at radius 2 is 2.15 bits per heavy atom. The molecule has 1 atom stereocenters. The highest BCUT2D eigenvalue weighted by Gasteiger charge is 2.29. The van der Waals surface area contributed by atoms with Crippen LogP contribution in [0.5, 0.6) is 0 Å². The van der Waals surface area contributed by atoms with Crippen LogP contribution in [-0.2, 0) is 22.5 Å². The molecule has 0 N–H and O–H groups in total. The highest BCUT2D eigenvalue weighted by atomic mass is 16.5. The summed E-state index contributed by atoms with van der Waals surface area (Å²) >= 11 is 0. The molecular weight excluding hydrogens is 344 g/mol. The van der Waals surface area contributed by atoms with Crippen LogP contribution in [0.25, 0.3) is 11.4 Å². The second-order valence-corrected chi connectivity index (χ2v) is 7.00. The summed E-state index contributed by atoms with van der Waals surface area (Å²) in [4.78, 5) is 9.23. The Balaban J connectivity index is 1.76. The molecule has 0 aliphatic carbocycles. The van der Waals surface area contributed by atoms with Crippen molar-refractivity contribution < 1.29 is 9.47 Å². The van der Waals surface area contributed by atoms with Gasteiger partial charge >= 0.3 is 0 Å². The summed E-state index contributed by atoms with van der Waals surface area (Å²) in [6.45, 7) is 5.11. The Bertz CT molecular complexity index is 1060. The number of nitrogens with zero attached hydrogens (tertiary/aromatic N) is 6. The van der Waals surface area contributed by atoms with Crippen molar-refractivity contribution in [2.75, 3.05) is 13.7 Å². The van der Waals surface area contributed by atoms with E-state index in [0.717, 1.165) is 39.7 Å². The first-order chi connectivity index (χ1) is 13.2. The Morgan fingerprint density at radius 1 is 1.26 bits per heavy atom. The van der Waals surface area contributed by atoms with Crippen molar-refractivity contribution in [3.8, 4) is 11.4 Å². The van der Waals surface area contributed by atoms with Crippen LogP contribution in [0.15, 0.2) is 29.5 Å². The van der Waals surface area contributed by atoms with Crippen LogP contribution in [0.1, 0.15) is 35.3 Å². The zero-order valence-corrected chi connectivity index (χ0v) is 15.5. The predicted octanol–water partition coefficient (Wildman–Crippen LogP) is 1.98. The van der Waals surface area contributed by atoms with Gasteiger partial charge in [0.1, 0.15) is 24.3 Å². The van der Waals surface area contributed by atoms with Gasteiger partial charge in [0.25, 0.3) is 0 Å². The van der Waals surface area contributed by atoms with Crippen molar-refractivity contribution in [3.63, 3.8) is 0 Å². The highest BCUT2D eigenvalue weighted by molar-refractivity contribution is 5.94. The van der Waals surface area contributed by atoms with E-state index >= 15 is 0 Å². The second kappa shape index (κ2) is 6.02. The van der Waals surface area contributed by atoms with E-state index in [1.54, 1.807) is 7.11 Å². The molecule has 0 saturated heterocycles. The third-order valence-corrected chi connectivity index (χ3v) is 4.95. The maximum Gasteiger partial charge on any atom is 0.237 e. The van der Waals surface area contributed by atoms with Crippen molar-refractivity contribution in [1.29, 1.82) is 0 Å². The average Bonchev–Trinajstić information content (AvgIpc) is 3.34. The van der Waals surface area contributed by atoms with Gasteiger partial charge in [0.2, 0.25) is 5.90 Å². The normalized spacial score (nSPS) is 17.6. The molecule has 0 radical (unpaired) electrons. The van der Waals surface area contributed by atoms with Gasteiger partial charge in [-0.2, -0.15) is 0 Å². The van der Waals surface area contributed by atoms with E-state index in [9.17, 15) is 0 Å². The Kier molecular flexibility index (Phi) is 3.61. The zero-order chi connectivity index (χ0) is 18.5. The van der Waals surface area contributed by atoms with Crippen molar-refractivity contribution in [1.82, 2.24) is 24.5 Å². The SMILES string of the molecule is COCc1nnn2c1Cc1c(C3=N[C@@H](C)CO3)ncn1-c1ccc(C)cc1-2. The molecule has 0 fully saturated rings. The summed E-state index contributed by atoms with van der Waals surface area (Å²) in [5.74, 6) is 0.610. The minimum absolute atomic E-state index is 0.148. The second-order valence-electron chi connectivity index (χ2n) is 7.00. The van der Waals surface area contributed by atoms with E-state index in [1.807, 2.05) is 17.9 Å². The molecule has 8 nitrogen and oxygen atoms in total. The monoisotopic (exact) mass is 364 g/mol. The lowest BCUT2D eigenvalue weighted by Gasteiger charge is -2.10. The summed E-state index contributed by atoms with van der Waals surface area (Å²) in [6.07, 6.45) is 2.45. The molecule has 8 heteroatoms. The minimum atomic E-state index is 0.148. The molecule has 27 heavy (non-hydrogen) atoms. The molecule has 2 aliphatic heterocycles. The Labute approximate surface area is 156 Å². The molecule has 5 rings (SSSR count). The topological polar surface area (TPSA) is 79.3 Å². The van der Waals surface area contributed by atoms with Crippen molar-refractivity contribution >= 4 is 5.90 Å². The highest BCUT2D eigenvalue weighted by Crippen LogP contribution is 2.31. The minimum Gasteiger partial charge on any atom is -0.474 e. The van der Waals surface area contributed by atoms with Gasteiger partial charge in [-0.25, -0.2) is 14.7 Å². The van der Waals surface area contributed by atoms with E-state index in [1.165, 1.54) is 0 Å². The molecule has 0 unspecified atom stereocenters. The van der Waals surface area contributed by atoms with Gasteiger partial charge in [0.05, 0.1) is 35.4 Å². The number of ether oxygens (including phenoxy) is 2. The number of imidazole rings is 1. The van der Waals surface area contributed by atoms with Gasteiger partial charge in [-0.15, -0.1) is 5.10 Å². The van der Waals surface area contributed by atoms with E-state index in [4.69, 9.17) is 9.47 Å². The van der Waals surface area contributed by atoms with Crippen molar-refractivity contribution in [2.45, 2.75) is 32.9 Å². The number of aromatic nitrogens is 5. The molecule has 138 valence electrons. The van der Waals surface area contributed by atoms with Gasteiger partial charge in [-0.1, -0.05) is 11.3 Å². The van der Waals surface area contributed by atoms with Crippen LogP contribution < -0.4 is 0 Å². The Hall–Kier alpha value is -3.00. The first-order valence-electron chi connectivity index (χ1n) is 8.96. The van der Waals surface area contributed by atoms with Crippen LogP contribution in [0.4, 0.5) is 0 Å². The number of methoxy groups -OCH3 is 1. The van der Waals surface area contributed by atoms with Gasteiger partial charge in [-0.3, -0.25) is 4.57 Å². The summed E-state index contributed by atoms with van der Waals surface area (Å²) in [5.41, 5.74) is 6.77. The maximum atomic E-state index is 5.78. The van der Waals surface area contributed by atoms with Crippen LogP contribution in [0.2, 0.25) is 0 Å². The van der Waals surface area contributed by atoms with E-state index in [0.29, 0.717) is 25.5 Å². The molecule has 3 aromatic rings. The molecular formula is C19H20N6O2. The predicted molar refractivity (Wildman–Crippen MR) is 98.7 cm³/mol. The first kappa shape index (κ1) is 16.2. The third-order valence-electron chi connectivity index (χ3n) is 4.95. The third kappa shape index (κ3) is 2.48. The van der Waals surface area contributed by atoms with Crippen LogP contribution in [0, 0.1) is 6.92 Å². The molecule has 0 saturated carbocycles. The molecule has 2 aromatic heterocycles. The largest absolute Gasteiger partial charge is 0.474 e. The standard InChI is InChI=1S/C19H20N6O2/c1-11-4-5-14-16(6-11)25-15(13(9-26-3)22-23-25)7-17-18(20-10-24(14)17)19-21-12(2)8-27-19/h4-6,10,12H,7-9H2,1-3H3/t12-/m0/s1. The lowest BCUT2D eigenvalue weighted by Crippen LogP contribution is -2.09. The van der Waals surface area contributed by atoms with Gasteiger partial charge in [0, 0.05) is 13.5 Å². The number of hydrogen-bond donors (Lipinski definition) is 0. The zero-order valence-electron chi connectivity index (χ0n) is 15.5. The fourth-order valence-electron chi connectivity index (χ4n) is 3.65. The lowest BCUT2D eigenvalue weighted by atomic mass is 10.1. The van der Waals surface area contributed by atoms with Crippen molar-refractivity contribution in [3.05, 3.63) is 52.9 Å². The summed E-state index contributed by atoms with van der Waals surface area (Å²) in [7, 11) is 1.67. The summed E-state index contributed by atoms with van der Waals surface area (Å²) in [6, 6.07) is 6.44. The smallest absolute Gasteiger partial charge is 0.237 e. The molecule has 0 bridgehead atoms. The first-order valence-corrected chi connectivity index (χ1v) is 8.96. The van der Waals surface area contributed by atoms with Crippen molar-refractivity contribution in [2.24, 2.45) is 4.99 Å². The summed E-state index contributed by atoms with van der Waals surface area (Å²) < 4.78 is 15.1. The number of rotatable bonds is 3. The molecule has 4 heterocycles. The van der Waals surface area contributed by atoms with Crippen LogP contribution in [-0.4, -0.2) is 50.2 Å². The quantitative estimate of drug-likeness (QED) is 0.555. The fourth-order valence-corrected chi connectivity index (χ4v) is 3.65. The lowest BCUT2D eigenvalue weighted by molar-refractivity contribution is 0.180. The number of aryl methyl sites for hydroxylation is 1. The van der Waals surface area contributed by atoms with E-state index in [2.05, 4.69) is 50.0 Å². The Morgan fingerprint density at radius 3 is 2.93 bits per heavy atom. The number of hydrogen-bond acceptors (Lipinski definition) is 6. The fraction of sp³-hybridized carbons (Fsp3) is 0.368. The number of benzene rings is 1. The number of aliphatic imine (C=N–C) groups is 1. The maximum absolute atomic E-state index is 5.78. The average molecular weight is 364 g/mol. The van der Waals surface area contributed by atoms with Crippen LogP contribution in [0.3, 0.4) is 0 Å². The molecule has 0 amide bonds.